The highest BCUT2D eigenvalue weighted by atomic mass is 16.4. The van der Waals surface area contributed by atoms with Crippen LogP contribution in [0, 0.1) is 0 Å². The second kappa shape index (κ2) is 5.59. The molecule has 0 saturated heterocycles. The van der Waals surface area contributed by atoms with Gasteiger partial charge in [0, 0.05) is 10.9 Å². The number of hydrogen-bond acceptors (Lipinski definition) is 3. The molecule has 0 radical (unpaired) electrons. The summed E-state index contributed by atoms with van der Waals surface area (Å²) in [5.74, 6) is -1.19. The maximum Gasteiger partial charge on any atom is 0.0722 e. The molecule has 1 aromatic heterocycles. The topological polar surface area (TPSA) is 53.0 Å². The largest absolute Gasteiger partial charge is 0.545 e. The summed E-state index contributed by atoms with van der Waals surface area (Å²) in [6, 6.07) is 18.5. The molecule has 0 amide bonds. The van der Waals surface area contributed by atoms with E-state index in [-0.39, 0.29) is 5.56 Å². The lowest BCUT2D eigenvalue weighted by atomic mass is 10.1. The first-order valence-electron chi connectivity index (χ1n) is 6.58. The summed E-state index contributed by atoms with van der Waals surface area (Å²) in [4.78, 5) is 15.7. The molecule has 3 nitrogen and oxygen atoms in total. The van der Waals surface area contributed by atoms with E-state index in [1.807, 2.05) is 42.5 Å². The van der Waals surface area contributed by atoms with Gasteiger partial charge < -0.3 is 9.90 Å². The van der Waals surface area contributed by atoms with Gasteiger partial charge in [-0.1, -0.05) is 54.6 Å². The highest BCUT2D eigenvalue weighted by Gasteiger charge is 2.04. The van der Waals surface area contributed by atoms with E-state index in [0.29, 0.717) is 16.6 Å². The minimum absolute atomic E-state index is 0.160. The second-order valence-corrected chi connectivity index (χ2v) is 4.64. The third-order valence-electron chi connectivity index (χ3n) is 3.20. The van der Waals surface area contributed by atoms with Crippen molar-refractivity contribution in [1.29, 1.82) is 0 Å². The molecule has 102 valence electrons. The van der Waals surface area contributed by atoms with Gasteiger partial charge in [-0.2, -0.15) is 0 Å². The number of carboxylic acids is 1. The molecule has 21 heavy (non-hydrogen) atoms. The van der Waals surface area contributed by atoms with Crippen LogP contribution in [-0.2, 0) is 0 Å². The maximum atomic E-state index is 11.3. The molecule has 0 aliphatic carbocycles. The lowest BCUT2D eigenvalue weighted by Crippen LogP contribution is -2.22. The van der Waals surface area contributed by atoms with Crippen LogP contribution in [0.5, 0.6) is 0 Å². The van der Waals surface area contributed by atoms with Gasteiger partial charge in [0.05, 0.1) is 17.2 Å². The summed E-state index contributed by atoms with van der Waals surface area (Å²) in [5, 5.41) is 11.9. The van der Waals surface area contributed by atoms with Crippen LogP contribution in [0.15, 0.2) is 60.7 Å². The van der Waals surface area contributed by atoms with E-state index >= 15 is 0 Å². The van der Waals surface area contributed by atoms with Crippen LogP contribution in [0.3, 0.4) is 0 Å². The Bertz CT molecular complexity index is 823. The van der Waals surface area contributed by atoms with Crippen LogP contribution in [0.2, 0.25) is 0 Å². The number of para-hydroxylation sites is 1. The summed E-state index contributed by atoms with van der Waals surface area (Å²) >= 11 is 0. The number of carbonyl (C=O) groups excluding carboxylic acids is 1. The molecule has 3 aromatic rings. The number of pyridine rings is 1. The molecule has 0 aliphatic rings. The Morgan fingerprint density at radius 3 is 2.43 bits per heavy atom. The molecule has 2 aromatic carbocycles. The van der Waals surface area contributed by atoms with Crippen LogP contribution in [0.25, 0.3) is 23.1 Å². The van der Waals surface area contributed by atoms with E-state index in [2.05, 4.69) is 4.98 Å². The monoisotopic (exact) mass is 274 g/mol. The van der Waals surface area contributed by atoms with Crippen molar-refractivity contribution >= 4 is 29.0 Å². The minimum Gasteiger partial charge on any atom is -0.545 e. The number of aromatic nitrogens is 1. The Morgan fingerprint density at radius 1 is 0.952 bits per heavy atom. The summed E-state index contributed by atoms with van der Waals surface area (Å²) in [7, 11) is 0. The van der Waals surface area contributed by atoms with Gasteiger partial charge in [0.25, 0.3) is 0 Å². The van der Waals surface area contributed by atoms with Crippen LogP contribution in [-0.4, -0.2) is 11.0 Å². The van der Waals surface area contributed by atoms with Crippen molar-refractivity contribution in [2.45, 2.75) is 0 Å². The normalized spacial score (nSPS) is 11.0. The quantitative estimate of drug-likeness (QED) is 0.738. The molecule has 3 heteroatoms. The lowest BCUT2D eigenvalue weighted by molar-refractivity contribution is -0.254. The first-order valence-corrected chi connectivity index (χ1v) is 6.58. The molecule has 3 rings (SSSR count). The standard InChI is InChI=1S/C18H13NO2/c20-18(21)16-12-14(11-10-13-6-2-1-3-7-13)19-17-9-5-4-8-15(16)17/h1-12H,(H,20,21)/p-1/b11-10-. The molecule has 0 fully saturated rings. The van der Waals surface area contributed by atoms with Gasteiger partial charge in [0.1, 0.15) is 0 Å². The van der Waals surface area contributed by atoms with Crippen molar-refractivity contribution in [2.24, 2.45) is 0 Å². The molecule has 0 N–H and O–H groups in total. The second-order valence-electron chi connectivity index (χ2n) is 4.64. The van der Waals surface area contributed by atoms with Crippen LogP contribution < -0.4 is 5.11 Å². The highest BCUT2D eigenvalue weighted by molar-refractivity contribution is 6.02. The highest BCUT2D eigenvalue weighted by Crippen LogP contribution is 2.19. The molecule has 0 unspecified atom stereocenters. The number of nitrogens with zero attached hydrogens (tertiary/aromatic N) is 1. The molecule has 0 bridgehead atoms. The number of rotatable bonds is 3. The van der Waals surface area contributed by atoms with E-state index < -0.39 is 5.97 Å². The molecule has 0 spiro atoms. The van der Waals surface area contributed by atoms with E-state index in [9.17, 15) is 9.90 Å². The van der Waals surface area contributed by atoms with Crippen molar-refractivity contribution in [3.05, 3.63) is 77.5 Å². The Kier molecular flexibility index (Phi) is 3.48. The Hall–Kier alpha value is -2.94. The number of carbonyl (C=O) groups is 1. The lowest BCUT2D eigenvalue weighted by Gasteiger charge is -2.08. The number of aromatic carboxylic acids is 1. The summed E-state index contributed by atoms with van der Waals surface area (Å²) < 4.78 is 0. The van der Waals surface area contributed by atoms with Crippen molar-refractivity contribution in [3.8, 4) is 0 Å². The predicted molar refractivity (Wildman–Crippen MR) is 81.4 cm³/mol. The zero-order valence-corrected chi connectivity index (χ0v) is 11.2. The average molecular weight is 274 g/mol. The van der Waals surface area contributed by atoms with Gasteiger partial charge in [-0.05, 0) is 23.8 Å². The minimum atomic E-state index is -1.19. The first-order chi connectivity index (χ1) is 10.2. The van der Waals surface area contributed by atoms with Gasteiger partial charge in [-0.15, -0.1) is 0 Å². The Morgan fingerprint density at radius 2 is 1.67 bits per heavy atom. The number of hydrogen-bond donors (Lipinski definition) is 0. The number of fused-ring (bicyclic) bond motifs is 1. The number of carboxylic acid groups (broad SMARTS) is 1. The molecule has 0 aliphatic heterocycles. The first kappa shape index (κ1) is 13.1. The van der Waals surface area contributed by atoms with Crippen molar-refractivity contribution in [2.75, 3.05) is 0 Å². The van der Waals surface area contributed by atoms with Gasteiger partial charge in [-0.3, -0.25) is 0 Å². The van der Waals surface area contributed by atoms with Gasteiger partial charge in [0.2, 0.25) is 0 Å². The van der Waals surface area contributed by atoms with Gasteiger partial charge in [0.15, 0.2) is 0 Å². The molecule has 0 saturated carbocycles. The van der Waals surface area contributed by atoms with Crippen molar-refractivity contribution in [1.82, 2.24) is 4.98 Å². The van der Waals surface area contributed by atoms with Crippen LogP contribution in [0.1, 0.15) is 21.6 Å². The fourth-order valence-corrected chi connectivity index (χ4v) is 2.20. The van der Waals surface area contributed by atoms with Crippen LogP contribution in [0.4, 0.5) is 0 Å². The smallest absolute Gasteiger partial charge is 0.0722 e. The van der Waals surface area contributed by atoms with Gasteiger partial charge in [-0.25, -0.2) is 4.98 Å². The molecular weight excluding hydrogens is 262 g/mol. The third-order valence-corrected chi connectivity index (χ3v) is 3.20. The molecule has 0 atom stereocenters. The fraction of sp³-hybridized carbons (Fsp3) is 0. The van der Waals surface area contributed by atoms with Crippen LogP contribution >= 0.6 is 0 Å². The van der Waals surface area contributed by atoms with Crippen molar-refractivity contribution in [3.63, 3.8) is 0 Å². The SMILES string of the molecule is O=C([O-])c1cc(/C=C\c2ccccc2)nc2ccccc12. The van der Waals surface area contributed by atoms with E-state index in [1.165, 1.54) is 6.07 Å². The molecular formula is C18H12NO2-. The summed E-state index contributed by atoms with van der Waals surface area (Å²) in [6.07, 6.45) is 3.70. The zero-order valence-electron chi connectivity index (χ0n) is 11.2. The zero-order chi connectivity index (χ0) is 14.7. The fourth-order valence-electron chi connectivity index (χ4n) is 2.20. The maximum absolute atomic E-state index is 11.3. The number of benzene rings is 2. The van der Waals surface area contributed by atoms with E-state index in [4.69, 9.17) is 0 Å². The predicted octanol–water partition coefficient (Wildman–Crippen LogP) is 2.77. The molecule has 1 heterocycles. The average Bonchev–Trinajstić information content (AvgIpc) is 2.53. The Labute approximate surface area is 122 Å². The van der Waals surface area contributed by atoms with E-state index in [1.54, 1.807) is 24.3 Å². The Balaban J connectivity index is 2.07. The van der Waals surface area contributed by atoms with E-state index in [0.717, 1.165) is 5.56 Å². The van der Waals surface area contributed by atoms with Gasteiger partial charge >= 0.3 is 0 Å². The third kappa shape index (κ3) is 2.82. The van der Waals surface area contributed by atoms with Crippen molar-refractivity contribution < 1.29 is 9.90 Å². The summed E-state index contributed by atoms with van der Waals surface area (Å²) in [5.41, 5.74) is 2.43. The summed E-state index contributed by atoms with van der Waals surface area (Å²) in [6.45, 7) is 0.